The van der Waals surface area contributed by atoms with E-state index in [1.165, 1.54) is 44.5 Å². The van der Waals surface area contributed by atoms with Crippen LogP contribution in [-0.2, 0) is 46.0 Å². The van der Waals surface area contributed by atoms with E-state index in [0.717, 1.165) is 46.0 Å². The van der Waals surface area contributed by atoms with Gasteiger partial charge in [0.25, 0.3) is 0 Å². The van der Waals surface area contributed by atoms with E-state index in [1.54, 1.807) is 0 Å². The minimum absolute atomic E-state index is 1.05. The molecular formula is C32H32S8. The zero-order valence-corrected chi connectivity index (χ0v) is 28.7. The summed E-state index contributed by atoms with van der Waals surface area (Å²) in [5.41, 5.74) is 11.2. The first-order chi connectivity index (χ1) is 19.8. The number of hydrogen-bond acceptors (Lipinski definition) is 8. The molecule has 0 nitrogen and oxygen atoms in total. The smallest absolute Gasteiger partial charge is 0.0288 e. The second-order valence-corrected chi connectivity index (χ2v) is 19.2. The van der Waals surface area contributed by atoms with E-state index in [9.17, 15) is 0 Å². The highest BCUT2D eigenvalue weighted by Gasteiger charge is 2.03. The molecule has 0 atom stereocenters. The lowest BCUT2D eigenvalue weighted by molar-refractivity contribution is 1.34. The van der Waals surface area contributed by atoms with Crippen LogP contribution in [0.5, 0.6) is 0 Å². The summed E-state index contributed by atoms with van der Waals surface area (Å²) in [7, 11) is 15.6. The molecule has 8 bridgehead atoms. The predicted molar refractivity (Wildman–Crippen MR) is 196 cm³/mol. The molecule has 0 amide bonds. The van der Waals surface area contributed by atoms with Gasteiger partial charge in [0.2, 0.25) is 0 Å². The molecule has 40 heavy (non-hydrogen) atoms. The van der Waals surface area contributed by atoms with Gasteiger partial charge in [0, 0.05) is 46.0 Å². The van der Waals surface area contributed by atoms with E-state index >= 15 is 0 Å². The maximum absolute atomic E-state index is 2.30. The quantitative estimate of drug-likeness (QED) is 0.167. The summed E-state index contributed by atoms with van der Waals surface area (Å²) in [6.45, 7) is 0. The molecule has 0 unspecified atom stereocenters. The van der Waals surface area contributed by atoms with Crippen molar-refractivity contribution in [2.24, 2.45) is 0 Å². The first-order valence-corrected chi connectivity index (χ1v) is 23.0. The van der Waals surface area contributed by atoms with E-state index in [-0.39, 0.29) is 0 Å². The molecule has 0 saturated carbocycles. The third-order valence-electron chi connectivity index (χ3n) is 6.23. The van der Waals surface area contributed by atoms with Crippen LogP contribution in [0.3, 0.4) is 0 Å². The van der Waals surface area contributed by atoms with Gasteiger partial charge in [-0.3, -0.25) is 0 Å². The van der Waals surface area contributed by atoms with Gasteiger partial charge in [-0.05, 0) is 44.5 Å². The molecule has 0 radical (unpaired) electrons. The fourth-order valence-electron chi connectivity index (χ4n) is 3.80. The van der Waals surface area contributed by atoms with Crippen molar-refractivity contribution in [3.05, 3.63) is 142 Å². The SMILES string of the molecule is c1cc2ccc1CSSCc1ccc(cc1)CSSCc1ccc(cc1)CSSCc1ccc(cc1)CSSC2. The monoisotopic (exact) mass is 672 g/mol. The molecule has 4 aromatic carbocycles. The van der Waals surface area contributed by atoms with E-state index in [4.69, 9.17) is 0 Å². The van der Waals surface area contributed by atoms with Crippen molar-refractivity contribution in [3.63, 3.8) is 0 Å². The highest BCUT2D eigenvalue weighted by Crippen LogP contribution is 2.34. The zero-order valence-electron chi connectivity index (χ0n) is 22.2. The van der Waals surface area contributed by atoms with Crippen LogP contribution in [0.2, 0.25) is 0 Å². The van der Waals surface area contributed by atoms with E-state index < -0.39 is 0 Å². The molecule has 8 heteroatoms. The lowest BCUT2D eigenvalue weighted by atomic mass is 10.2. The van der Waals surface area contributed by atoms with Gasteiger partial charge in [0.1, 0.15) is 0 Å². The Morgan fingerprint density at radius 2 is 0.300 bits per heavy atom. The first-order valence-electron chi connectivity index (χ1n) is 13.1. The normalized spacial score (nSPS) is 16.4. The summed E-state index contributed by atoms with van der Waals surface area (Å²) in [6, 6.07) is 36.8. The van der Waals surface area contributed by atoms with Crippen LogP contribution >= 0.6 is 86.4 Å². The van der Waals surface area contributed by atoms with Crippen molar-refractivity contribution in [1.29, 1.82) is 0 Å². The second kappa shape index (κ2) is 17.7. The van der Waals surface area contributed by atoms with Crippen molar-refractivity contribution in [3.8, 4) is 0 Å². The summed E-state index contributed by atoms with van der Waals surface area (Å²) >= 11 is 0. The summed E-state index contributed by atoms with van der Waals surface area (Å²) in [5.74, 6) is 8.40. The molecule has 0 aliphatic carbocycles. The Balaban J connectivity index is 1.15. The van der Waals surface area contributed by atoms with E-state index in [0.29, 0.717) is 0 Å². The fraction of sp³-hybridized carbons (Fsp3) is 0.250. The van der Waals surface area contributed by atoms with Gasteiger partial charge in [-0.25, -0.2) is 0 Å². The van der Waals surface area contributed by atoms with Crippen LogP contribution in [0, 0.1) is 0 Å². The Labute approximate surface area is 271 Å². The van der Waals surface area contributed by atoms with Crippen LogP contribution in [0.4, 0.5) is 0 Å². The van der Waals surface area contributed by atoms with Gasteiger partial charge >= 0.3 is 0 Å². The van der Waals surface area contributed by atoms with Crippen molar-refractivity contribution in [2.45, 2.75) is 46.0 Å². The van der Waals surface area contributed by atoms with Gasteiger partial charge in [-0.15, -0.1) is 0 Å². The van der Waals surface area contributed by atoms with Crippen LogP contribution in [0.25, 0.3) is 0 Å². The Morgan fingerprint density at radius 3 is 0.400 bits per heavy atom. The van der Waals surface area contributed by atoms with Crippen molar-refractivity contribution >= 4 is 86.4 Å². The third kappa shape index (κ3) is 11.1. The van der Waals surface area contributed by atoms with Gasteiger partial charge in [0.15, 0.2) is 0 Å². The first kappa shape index (κ1) is 31.1. The topological polar surface area (TPSA) is 0 Å². The average molecular weight is 673 g/mol. The molecule has 14 rings (SSSR count). The second-order valence-electron chi connectivity index (χ2n) is 9.36. The Hall–Kier alpha value is -0.320. The van der Waals surface area contributed by atoms with Crippen molar-refractivity contribution in [1.82, 2.24) is 0 Å². The lowest BCUT2D eigenvalue weighted by Crippen LogP contribution is -1.85. The van der Waals surface area contributed by atoms with Crippen LogP contribution in [0.15, 0.2) is 97.1 Å². The minimum Gasteiger partial charge on any atom is -0.0890 e. The molecular weight excluding hydrogens is 641 g/mol. The van der Waals surface area contributed by atoms with Crippen LogP contribution in [0.1, 0.15) is 44.5 Å². The number of hydrogen-bond donors (Lipinski definition) is 0. The summed E-state index contributed by atoms with van der Waals surface area (Å²) in [4.78, 5) is 0. The Bertz CT molecular complexity index is 967. The largest absolute Gasteiger partial charge is 0.0890 e. The molecule has 0 spiro atoms. The zero-order chi connectivity index (χ0) is 27.2. The maximum Gasteiger partial charge on any atom is 0.0288 e. The molecule has 10 aliphatic heterocycles. The van der Waals surface area contributed by atoms with Crippen LogP contribution < -0.4 is 0 Å². The van der Waals surface area contributed by atoms with Gasteiger partial charge < -0.3 is 0 Å². The third-order valence-corrected chi connectivity index (χ3v) is 15.3. The molecule has 10 aliphatic rings. The molecule has 0 aromatic heterocycles. The van der Waals surface area contributed by atoms with E-state index in [2.05, 4.69) is 97.1 Å². The Morgan fingerprint density at radius 1 is 0.200 bits per heavy atom. The lowest BCUT2D eigenvalue weighted by Gasteiger charge is -2.07. The highest BCUT2D eigenvalue weighted by atomic mass is 33.1. The Kier molecular flexibility index (Phi) is 13.8. The average Bonchev–Trinajstić information content (AvgIpc) is 3.00. The van der Waals surface area contributed by atoms with Crippen molar-refractivity contribution < 1.29 is 0 Å². The van der Waals surface area contributed by atoms with E-state index in [1.807, 2.05) is 86.4 Å². The maximum atomic E-state index is 2.30. The summed E-state index contributed by atoms with van der Waals surface area (Å²) < 4.78 is 0. The molecule has 208 valence electrons. The van der Waals surface area contributed by atoms with Gasteiger partial charge in [-0.1, -0.05) is 183 Å². The molecule has 4 aromatic rings. The highest BCUT2D eigenvalue weighted by molar-refractivity contribution is 8.77. The standard InChI is InChI=1S/C32H32S8/c1-2-26-4-3-25(1)17-33-35-19-27-5-7-29(8-6-27)21-37-39-23-31-13-15-32(16-14-31)24-40-38-22-30-11-9-28(10-12-30)20-36-34-18-26/h1-16H,17-24H2. The summed E-state index contributed by atoms with van der Waals surface area (Å²) in [6.07, 6.45) is 0. The minimum atomic E-state index is 1.05. The summed E-state index contributed by atoms with van der Waals surface area (Å²) in [5, 5.41) is 0. The van der Waals surface area contributed by atoms with Gasteiger partial charge in [0.05, 0.1) is 0 Å². The fourth-order valence-corrected chi connectivity index (χ4v) is 12.4. The number of benzene rings is 4. The number of rotatable bonds is 0. The molecule has 0 fully saturated rings. The molecule has 0 N–H and O–H groups in total. The van der Waals surface area contributed by atoms with Crippen molar-refractivity contribution in [2.75, 3.05) is 0 Å². The predicted octanol–water partition coefficient (Wildman–Crippen LogP) is 12.3. The van der Waals surface area contributed by atoms with Gasteiger partial charge in [-0.2, -0.15) is 0 Å². The van der Waals surface area contributed by atoms with Crippen LogP contribution in [-0.4, -0.2) is 0 Å². The molecule has 10 heterocycles. The molecule has 0 saturated heterocycles.